The molecule has 1 aliphatic rings. The van der Waals surface area contributed by atoms with Crippen LogP contribution in [0, 0.1) is 12.8 Å². The first-order valence-corrected chi connectivity index (χ1v) is 7.55. The van der Waals surface area contributed by atoms with Gasteiger partial charge in [0, 0.05) is 0 Å². The minimum atomic E-state index is -0.232. The Hall–Kier alpha value is -1.77. The number of methoxy groups -OCH3 is 1. The summed E-state index contributed by atoms with van der Waals surface area (Å²) in [5.74, 6) is 0.958. The number of allylic oxidation sites excluding steroid dienone is 1. The normalized spacial score (nSPS) is 18.5. The molecular formula is C18H24O3. The maximum atomic E-state index is 12.1. The van der Waals surface area contributed by atoms with Gasteiger partial charge in [-0.05, 0) is 67.5 Å². The van der Waals surface area contributed by atoms with Gasteiger partial charge in [0.2, 0.25) is 0 Å². The van der Waals surface area contributed by atoms with Gasteiger partial charge in [-0.2, -0.15) is 0 Å². The molecule has 0 bridgehead atoms. The third kappa shape index (κ3) is 2.97. The number of hydrogen-bond donors (Lipinski definition) is 0. The summed E-state index contributed by atoms with van der Waals surface area (Å²) in [5, 5.41) is 0. The van der Waals surface area contributed by atoms with E-state index in [0.717, 1.165) is 28.9 Å². The van der Waals surface area contributed by atoms with Crippen LogP contribution >= 0.6 is 0 Å². The first-order chi connectivity index (χ1) is 9.99. The summed E-state index contributed by atoms with van der Waals surface area (Å²) in [6, 6.07) is 4.24. The first-order valence-electron chi connectivity index (χ1n) is 7.55. The Morgan fingerprint density at radius 2 is 2.14 bits per heavy atom. The van der Waals surface area contributed by atoms with Gasteiger partial charge in [-0.1, -0.05) is 13.0 Å². The van der Waals surface area contributed by atoms with Crippen molar-refractivity contribution in [3.63, 3.8) is 0 Å². The topological polar surface area (TPSA) is 35.5 Å². The number of carbonyl (C=O) groups excluding carboxylic acids is 1. The lowest BCUT2D eigenvalue weighted by molar-refractivity contribution is -0.145. The van der Waals surface area contributed by atoms with E-state index in [9.17, 15) is 4.79 Å². The molecule has 1 aromatic carbocycles. The van der Waals surface area contributed by atoms with E-state index in [1.165, 1.54) is 5.56 Å². The number of fused-ring (bicyclic) bond motifs is 1. The highest BCUT2D eigenvalue weighted by Gasteiger charge is 2.27. The second-order valence-electron chi connectivity index (χ2n) is 5.68. The molecule has 3 heteroatoms. The van der Waals surface area contributed by atoms with E-state index < -0.39 is 0 Å². The van der Waals surface area contributed by atoms with E-state index in [-0.39, 0.29) is 11.9 Å². The number of hydrogen-bond acceptors (Lipinski definition) is 3. The van der Waals surface area contributed by atoms with Crippen molar-refractivity contribution in [1.82, 2.24) is 0 Å². The maximum Gasteiger partial charge on any atom is 0.313 e. The first kappa shape index (κ1) is 15.6. The fourth-order valence-electron chi connectivity index (χ4n) is 2.93. The van der Waals surface area contributed by atoms with Crippen LogP contribution in [0.5, 0.6) is 5.75 Å². The van der Waals surface area contributed by atoms with E-state index in [0.29, 0.717) is 12.5 Å². The molecule has 0 heterocycles. The van der Waals surface area contributed by atoms with Gasteiger partial charge < -0.3 is 9.47 Å². The molecule has 1 aromatic rings. The van der Waals surface area contributed by atoms with Crippen LogP contribution in [-0.2, 0) is 9.53 Å². The number of esters is 1. The summed E-state index contributed by atoms with van der Waals surface area (Å²) < 4.78 is 10.6. The van der Waals surface area contributed by atoms with Crippen LogP contribution in [0.15, 0.2) is 18.2 Å². The van der Waals surface area contributed by atoms with Gasteiger partial charge in [-0.25, -0.2) is 0 Å². The highest BCUT2D eigenvalue weighted by Crippen LogP contribution is 2.40. The monoisotopic (exact) mass is 288 g/mol. The van der Waals surface area contributed by atoms with Crippen LogP contribution in [0.25, 0.3) is 5.57 Å². The molecule has 0 saturated heterocycles. The number of benzene rings is 1. The number of rotatable bonds is 4. The Bertz CT molecular complexity index is 572. The molecule has 0 radical (unpaired) electrons. The minimum absolute atomic E-state index is 0.155. The second kappa shape index (κ2) is 6.33. The van der Waals surface area contributed by atoms with E-state index in [1.54, 1.807) is 7.11 Å². The fraction of sp³-hybridized carbons (Fsp3) is 0.500. The summed E-state index contributed by atoms with van der Waals surface area (Å²) in [7, 11) is 1.69. The molecule has 21 heavy (non-hydrogen) atoms. The molecule has 0 fully saturated rings. The molecule has 0 aromatic heterocycles. The SMILES string of the molecule is CCOC(=O)C(C)C1=CC[C@@H](C)c2cc(OC)c(C)cc21. The minimum Gasteiger partial charge on any atom is -0.496 e. The Labute approximate surface area is 127 Å². The second-order valence-corrected chi connectivity index (χ2v) is 5.68. The standard InChI is InChI=1S/C18H24O3/c1-6-21-18(19)13(4)14-8-7-11(2)15-10-17(20-5)12(3)9-16(14)15/h8-11,13H,6-7H2,1-5H3/t11-,13?/m1/s1. The van der Waals surface area contributed by atoms with E-state index in [1.807, 2.05) is 20.8 Å². The van der Waals surface area contributed by atoms with Crippen molar-refractivity contribution in [2.24, 2.45) is 5.92 Å². The third-order valence-corrected chi connectivity index (χ3v) is 4.21. The molecule has 1 unspecified atom stereocenters. The summed E-state index contributed by atoms with van der Waals surface area (Å²) in [6.07, 6.45) is 3.12. The van der Waals surface area contributed by atoms with Crippen molar-refractivity contribution in [2.75, 3.05) is 13.7 Å². The molecule has 0 saturated carbocycles. The summed E-state index contributed by atoms with van der Waals surface area (Å²) >= 11 is 0. The Morgan fingerprint density at radius 1 is 1.43 bits per heavy atom. The van der Waals surface area contributed by atoms with Crippen molar-refractivity contribution in [3.8, 4) is 5.75 Å². The average Bonchev–Trinajstić information content (AvgIpc) is 2.47. The fourth-order valence-corrected chi connectivity index (χ4v) is 2.93. The largest absolute Gasteiger partial charge is 0.496 e. The summed E-state index contributed by atoms with van der Waals surface area (Å²) in [5.41, 5.74) is 4.58. The van der Waals surface area contributed by atoms with Gasteiger partial charge in [-0.3, -0.25) is 4.79 Å². The quantitative estimate of drug-likeness (QED) is 0.783. The smallest absolute Gasteiger partial charge is 0.313 e. The van der Waals surface area contributed by atoms with Crippen LogP contribution < -0.4 is 4.74 Å². The van der Waals surface area contributed by atoms with E-state index in [2.05, 4.69) is 25.1 Å². The zero-order valence-corrected chi connectivity index (χ0v) is 13.5. The van der Waals surface area contributed by atoms with Gasteiger partial charge in [0.05, 0.1) is 19.6 Å². The number of aryl methyl sites for hydroxylation is 1. The zero-order chi connectivity index (χ0) is 15.6. The van der Waals surface area contributed by atoms with Crippen molar-refractivity contribution in [1.29, 1.82) is 0 Å². The summed E-state index contributed by atoms with van der Waals surface area (Å²) in [6.45, 7) is 8.41. The predicted molar refractivity (Wildman–Crippen MR) is 84.5 cm³/mol. The van der Waals surface area contributed by atoms with Crippen molar-refractivity contribution < 1.29 is 14.3 Å². The number of ether oxygens (including phenoxy) is 2. The highest BCUT2D eigenvalue weighted by molar-refractivity contribution is 5.90. The predicted octanol–water partition coefficient (Wildman–Crippen LogP) is 4.09. The lowest BCUT2D eigenvalue weighted by Gasteiger charge is -2.27. The molecule has 2 rings (SSSR count). The Morgan fingerprint density at radius 3 is 2.76 bits per heavy atom. The molecule has 1 aliphatic carbocycles. The summed E-state index contributed by atoms with van der Waals surface area (Å²) in [4.78, 5) is 12.1. The number of carbonyl (C=O) groups is 1. The van der Waals surface area contributed by atoms with Gasteiger partial charge in [0.25, 0.3) is 0 Å². The van der Waals surface area contributed by atoms with E-state index >= 15 is 0 Å². The highest BCUT2D eigenvalue weighted by atomic mass is 16.5. The Balaban J connectivity index is 2.44. The van der Waals surface area contributed by atoms with Crippen molar-refractivity contribution >= 4 is 11.5 Å². The van der Waals surface area contributed by atoms with Crippen LogP contribution in [0.4, 0.5) is 0 Å². The zero-order valence-electron chi connectivity index (χ0n) is 13.5. The molecular weight excluding hydrogens is 264 g/mol. The molecule has 0 amide bonds. The molecule has 114 valence electrons. The van der Waals surface area contributed by atoms with Crippen molar-refractivity contribution in [2.45, 2.75) is 40.0 Å². The van der Waals surface area contributed by atoms with Crippen molar-refractivity contribution in [3.05, 3.63) is 34.9 Å². The van der Waals surface area contributed by atoms with Crippen LogP contribution in [-0.4, -0.2) is 19.7 Å². The molecule has 2 atom stereocenters. The Kier molecular flexibility index (Phi) is 4.71. The van der Waals surface area contributed by atoms with Gasteiger partial charge >= 0.3 is 5.97 Å². The average molecular weight is 288 g/mol. The van der Waals surface area contributed by atoms with Crippen LogP contribution in [0.3, 0.4) is 0 Å². The van der Waals surface area contributed by atoms with Crippen LogP contribution in [0.1, 0.15) is 49.8 Å². The molecule has 0 spiro atoms. The van der Waals surface area contributed by atoms with Gasteiger partial charge in [-0.15, -0.1) is 0 Å². The van der Waals surface area contributed by atoms with E-state index in [4.69, 9.17) is 9.47 Å². The molecule has 0 aliphatic heterocycles. The lowest BCUT2D eigenvalue weighted by Crippen LogP contribution is -2.19. The maximum absolute atomic E-state index is 12.1. The van der Waals surface area contributed by atoms with Gasteiger partial charge in [0.15, 0.2) is 0 Å². The van der Waals surface area contributed by atoms with Gasteiger partial charge in [0.1, 0.15) is 5.75 Å². The lowest BCUT2D eigenvalue weighted by atomic mass is 9.79. The molecule has 0 N–H and O–H groups in total. The van der Waals surface area contributed by atoms with Crippen LogP contribution in [0.2, 0.25) is 0 Å². The molecule has 3 nitrogen and oxygen atoms in total. The third-order valence-electron chi connectivity index (χ3n) is 4.21.